The molecule has 0 fully saturated rings. The summed E-state index contributed by atoms with van der Waals surface area (Å²) >= 11 is 0. The molecule has 2 aliphatic rings. The van der Waals surface area contributed by atoms with Crippen LogP contribution in [0.5, 0.6) is 0 Å². The van der Waals surface area contributed by atoms with Crippen LogP contribution >= 0.6 is 0 Å². The van der Waals surface area contributed by atoms with Crippen LogP contribution in [0.1, 0.15) is 45.6 Å². The molecule has 0 saturated carbocycles. The molecule has 0 aliphatic heterocycles. The highest BCUT2D eigenvalue weighted by Gasteiger charge is 2.26. The molecular weight excluding hydrogens is 336 g/mol. The smallest absolute Gasteiger partial charge is 0.275 e. The summed E-state index contributed by atoms with van der Waals surface area (Å²) in [5, 5.41) is 8.45. The Morgan fingerprint density at radius 3 is 2.40 bits per heavy atom. The van der Waals surface area contributed by atoms with Crippen molar-refractivity contribution >= 4 is 21.5 Å². The van der Waals surface area contributed by atoms with Crippen LogP contribution in [-0.4, -0.2) is 15.1 Å². The number of carbonyl (C=O) groups excluding carboxylic acids is 1. The molecule has 130 valence electrons. The number of aryl methyl sites for hydroxylation is 2. The Balaban J connectivity index is 1.77. The van der Waals surface area contributed by atoms with E-state index in [1.807, 2.05) is 0 Å². The SMILES string of the molecule is N=S(N)(=O)c1cccnc1C(=O)Nc1c2c(cc3c1CCC3)CCC2. The van der Waals surface area contributed by atoms with Gasteiger partial charge < -0.3 is 5.32 Å². The molecule has 1 atom stereocenters. The Labute approximate surface area is 147 Å². The van der Waals surface area contributed by atoms with E-state index < -0.39 is 15.8 Å². The molecule has 1 heterocycles. The van der Waals surface area contributed by atoms with Crippen LogP contribution < -0.4 is 10.5 Å². The topological polar surface area (TPSA) is 109 Å². The van der Waals surface area contributed by atoms with Crippen LogP contribution in [0.15, 0.2) is 29.3 Å². The van der Waals surface area contributed by atoms with E-state index in [9.17, 15) is 9.00 Å². The Bertz CT molecular complexity index is 951. The fraction of sp³-hybridized carbons (Fsp3) is 0.333. The van der Waals surface area contributed by atoms with Crippen LogP contribution in [0, 0.1) is 4.78 Å². The number of aromatic nitrogens is 1. The first-order valence-corrected chi connectivity index (χ1v) is 10.1. The molecule has 1 aromatic carbocycles. The number of benzene rings is 1. The molecule has 4 rings (SSSR count). The molecule has 6 nitrogen and oxygen atoms in total. The summed E-state index contributed by atoms with van der Waals surface area (Å²) in [5.41, 5.74) is 5.93. The lowest BCUT2D eigenvalue weighted by Crippen LogP contribution is -2.22. The second-order valence-corrected chi connectivity index (χ2v) is 8.28. The minimum absolute atomic E-state index is 0.0308. The second-order valence-electron chi connectivity index (χ2n) is 6.64. The molecule has 1 amide bonds. The maximum absolute atomic E-state index is 12.8. The third kappa shape index (κ3) is 2.83. The summed E-state index contributed by atoms with van der Waals surface area (Å²) in [6, 6.07) is 5.26. The first kappa shape index (κ1) is 16.2. The minimum Gasteiger partial charge on any atom is -0.320 e. The maximum Gasteiger partial charge on any atom is 0.275 e. The first-order chi connectivity index (χ1) is 11.9. The van der Waals surface area contributed by atoms with Crippen LogP contribution in [0.4, 0.5) is 5.69 Å². The lowest BCUT2D eigenvalue weighted by atomic mass is 9.98. The number of rotatable bonds is 3. The van der Waals surface area contributed by atoms with Crippen molar-refractivity contribution in [2.24, 2.45) is 5.14 Å². The van der Waals surface area contributed by atoms with Gasteiger partial charge in [-0.2, -0.15) is 0 Å². The molecule has 4 N–H and O–H groups in total. The summed E-state index contributed by atoms with van der Waals surface area (Å²) < 4.78 is 19.6. The molecule has 25 heavy (non-hydrogen) atoms. The molecule has 2 aliphatic carbocycles. The Morgan fingerprint density at radius 1 is 1.16 bits per heavy atom. The van der Waals surface area contributed by atoms with Crippen LogP contribution in [0.2, 0.25) is 0 Å². The summed E-state index contributed by atoms with van der Waals surface area (Å²) in [6.07, 6.45) is 7.65. The maximum atomic E-state index is 12.8. The van der Waals surface area contributed by atoms with Gasteiger partial charge in [-0.15, -0.1) is 0 Å². The fourth-order valence-electron chi connectivity index (χ4n) is 3.95. The highest BCUT2D eigenvalue weighted by atomic mass is 32.2. The number of nitrogens with one attached hydrogen (secondary N) is 2. The van der Waals surface area contributed by atoms with Gasteiger partial charge in [-0.05, 0) is 72.9 Å². The average Bonchev–Trinajstić information content (AvgIpc) is 3.22. The predicted octanol–water partition coefficient (Wildman–Crippen LogP) is 2.59. The summed E-state index contributed by atoms with van der Waals surface area (Å²) in [7, 11) is -3.52. The summed E-state index contributed by atoms with van der Waals surface area (Å²) in [5.74, 6) is -0.449. The van der Waals surface area contributed by atoms with Crippen molar-refractivity contribution in [3.8, 4) is 0 Å². The van der Waals surface area contributed by atoms with Crippen molar-refractivity contribution in [3.05, 3.63) is 52.3 Å². The van der Waals surface area contributed by atoms with Gasteiger partial charge in [0.2, 0.25) is 0 Å². The van der Waals surface area contributed by atoms with Gasteiger partial charge in [0.15, 0.2) is 0 Å². The van der Waals surface area contributed by atoms with Gasteiger partial charge in [-0.3, -0.25) is 4.79 Å². The van der Waals surface area contributed by atoms with E-state index >= 15 is 0 Å². The standard InChI is InChI=1S/C18H20N4O2S/c19-25(20,24)15-8-3-9-21-17(15)18(23)22-16-13-6-1-4-11(13)10-12-5-2-7-14(12)16/h3,8-10H,1-2,4-7H2,(H,22,23)(H3,19,20,24). The number of carbonyl (C=O) groups is 1. The van der Waals surface area contributed by atoms with Gasteiger partial charge in [0.1, 0.15) is 15.6 Å². The summed E-state index contributed by atoms with van der Waals surface area (Å²) in [4.78, 5) is 16.8. The third-order valence-electron chi connectivity index (χ3n) is 5.02. The number of amides is 1. The lowest BCUT2D eigenvalue weighted by Gasteiger charge is -2.16. The quantitative estimate of drug-likeness (QED) is 0.786. The molecule has 0 saturated heterocycles. The number of hydrogen-bond acceptors (Lipinski definition) is 4. The number of fused-ring (bicyclic) bond motifs is 2. The highest BCUT2D eigenvalue weighted by Crippen LogP contribution is 2.38. The zero-order chi connectivity index (χ0) is 17.6. The molecule has 0 radical (unpaired) electrons. The Hall–Kier alpha value is -2.25. The number of pyridine rings is 1. The van der Waals surface area contributed by atoms with Crippen LogP contribution in [0.25, 0.3) is 0 Å². The summed E-state index contributed by atoms with van der Waals surface area (Å²) in [6.45, 7) is 0. The number of nitrogens with two attached hydrogens (primary N) is 1. The largest absolute Gasteiger partial charge is 0.320 e. The molecule has 2 aromatic rings. The molecule has 0 spiro atoms. The van der Waals surface area contributed by atoms with Crippen LogP contribution in [-0.2, 0) is 35.6 Å². The van der Waals surface area contributed by atoms with Crippen molar-refractivity contribution < 1.29 is 9.00 Å². The van der Waals surface area contributed by atoms with E-state index in [0.717, 1.165) is 44.2 Å². The van der Waals surface area contributed by atoms with Crippen molar-refractivity contribution in [2.75, 3.05) is 5.32 Å². The monoisotopic (exact) mass is 356 g/mol. The zero-order valence-electron chi connectivity index (χ0n) is 13.8. The second kappa shape index (κ2) is 5.93. The highest BCUT2D eigenvalue weighted by molar-refractivity contribution is 7.90. The molecule has 1 aromatic heterocycles. The predicted molar refractivity (Wildman–Crippen MR) is 96.0 cm³/mol. The van der Waals surface area contributed by atoms with Crippen LogP contribution in [0.3, 0.4) is 0 Å². The van der Waals surface area contributed by atoms with E-state index in [0.29, 0.717) is 0 Å². The van der Waals surface area contributed by atoms with Gasteiger partial charge >= 0.3 is 0 Å². The average molecular weight is 356 g/mol. The Kier molecular flexibility index (Phi) is 3.85. The van der Waals surface area contributed by atoms with E-state index in [1.54, 1.807) is 0 Å². The molecule has 1 unspecified atom stereocenters. The third-order valence-corrected chi connectivity index (χ3v) is 6.01. The van der Waals surface area contributed by atoms with Gasteiger partial charge in [0.25, 0.3) is 5.91 Å². The first-order valence-electron chi connectivity index (χ1n) is 8.44. The number of hydrogen-bond donors (Lipinski definition) is 3. The van der Waals surface area contributed by atoms with Gasteiger partial charge in [0, 0.05) is 11.9 Å². The number of nitrogens with zero attached hydrogens (tertiary/aromatic N) is 1. The number of anilines is 1. The van der Waals surface area contributed by atoms with E-state index in [2.05, 4.69) is 16.4 Å². The fourth-order valence-corrected chi connectivity index (χ4v) is 4.66. The lowest BCUT2D eigenvalue weighted by molar-refractivity contribution is 0.101. The van der Waals surface area contributed by atoms with Crippen molar-refractivity contribution in [1.29, 1.82) is 4.78 Å². The molecular formula is C18H20N4O2S. The van der Waals surface area contributed by atoms with Gasteiger partial charge in [-0.1, -0.05) is 6.07 Å². The van der Waals surface area contributed by atoms with Crippen molar-refractivity contribution in [3.63, 3.8) is 0 Å². The minimum atomic E-state index is -3.52. The zero-order valence-corrected chi connectivity index (χ0v) is 14.6. The van der Waals surface area contributed by atoms with E-state index in [-0.39, 0.29) is 10.6 Å². The molecule has 7 heteroatoms. The van der Waals surface area contributed by atoms with E-state index in [1.165, 1.54) is 40.6 Å². The van der Waals surface area contributed by atoms with Crippen molar-refractivity contribution in [1.82, 2.24) is 4.98 Å². The van der Waals surface area contributed by atoms with Gasteiger partial charge in [0.05, 0.1) is 4.90 Å². The van der Waals surface area contributed by atoms with E-state index in [4.69, 9.17) is 9.92 Å². The Morgan fingerprint density at radius 2 is 1.80 bits per heavy atom. The van der Waals surface area contributed by atoms with Gasteiger partial charge in [-0.25, -0.2) is 19.1 Å². The normalized spacial score (nSPS) is 17.6. The van der Waals surface area contributed by atoms with Crippen molar-refractivity contribution in [2.45, 2.75) is 43.4 Å². The molecule has 0 bridgehead atoms.